The Morgan fingerprint density at radius 3 is 2.83 bits per heavy atom. The Balaban J connectivity index is 1.61. The van der Waals surface area contributed by atoms with Gasteiger partial charge in [0.05, 0.1) is 12.2 Å². The minimum Gasteiger partial charge on any atom is -0.382 e. The molecule has 1 unspecified atom stereocenters. The van der Waals surface area contributed by atoms with E-state index in [2.05, 4.69) is 4.90 Å². The van der Waals surface area contributed by atoms with Crippen LogP contribution in [0.2, 0.25) is 0 Å². The van der Waals surface area contributed by atoms with Crippen LogP contribution in [-0.2, 0) is 17.7 Å². The summed E-state index contributed by atoms with van der Waals surface area (Å²) in [6, 6.07) is 8.06. The van der Waals surface area contributed by atoms with Crippen molar-refractivity contribution in [1.82, 2.24) is 9.38 Å². The molecule has 4 rings (SSSR count). The number of ether oxygens (including phenoxy) is 1. The smallest absolute Gasteiger partial charge is 0.259 e. The number of thiazole rings is 1. The maximum atomic E-state index is 13.2. The largest absolute Gasteiger partial charge is 0.382 e. The van der Waals surface area contributed by atoms with Crippen LogP contribution in [0.15, 0.2) is 35.1 Å². The highest BCUT2D eigenvalue weighted by molar-refractivity contribution is 7.17. The van der Waals surface area contributed by atoms with Crippen molar-refractivity contribution >= 4 is 22.0 Å². The first-order valence-corrected chi connectivity index (χ1v) is 11.0. The van der Waals surface area contributed by atoms with Gasteiger partial charge in [-0.3, -0.25) is 9.20 Å². The zero-order valence-electron chi connectivity index (χ0n) is 16.9. The van der Waals surface area contributed by atoms with E-state index in [0.717, 1.165) is 61.1 Å². The Morgan fingerprint density at radius 2 is 2.10 bits per heavy atom. The molecule has 1 aromatic carbocycles. The number of anilines is 1. The maximum absolute atomic E-state index is 13.2. The highest BCUT2D eigenvalue weighted by Crippen LogP contribution is 2.39. The van der Waals surface area contributed by atoms with Crippen LogP contribution in [0.25, 0.3) is 4.96 Å². The molecule has 0 N–H and O–H groups in total. The maximum Gasteiger partial charge on any atom is 0.259 e. The molecule has 29 heavy (non-hydrogen) atoms. The first-order chi connectivity index (χ1) is 14.1. The van der Waals surface area contributed by atoms with E-state index in [1.807, 2.05) is 13.8 Å². The Hall–Kier alpha value is -2.25. The molecule has 0 radical (unpaired) electrons. The van der Waals surface area contributed by atoms with Crippen LogP contribution in [0.4, 0.5) is 10.1 Å². The van der Waals surface area contributed by atoms with Crippen LogP contribution >= 0.6 is 11.3 Å². The molecule has 0 fully saturated rings. The predicted octanol–water partition coefficient (Wildman–Crippen LogP) is 4.38. The second kappa shape index (κ2) is 8.63. The summed E-state index contributed by atoms with van der Waals surface area (Å²) in [6.07, 6.45) is 3.02. The molecule has 0 saturated heterocycles. The third kappa shape index (κ3) is 4.07. The van der Waals surface area contributed by atoms with E-state index < -0.39 is 0 Å². The monoisotopic (exact) mass is 415 g/mol. The van der Waals surface area contributed by atoms with E-state index in [0.29, 0.717) is 12.5 Å². The third-order valence-electron chi connectivity index (χ3n) is 5.53. The molecule has 0 saturated carbocycles. The molecule has 1 atom stereocenters. The van der Waals surface area contributed by atoms with Gasteiger partial charge in [0.2, 0.25) is 0 Å². The Bertz CT molecular complexity index is 1040. The molecule has 5 nitrogen and oxygen atoms in total. The fraction of sp³-hybridized carbons (Fsp3) is 0.455. The summed E-state index contributed by atoms with van der Waals surface area (Å²) in [6.45, 7) is 6.74. The number of rotatable bonds is 8. The lowest BCUT2D eigenvalue weighted by Gasteiger charge is -2.22. The normalized spacial score (nSPS) is 15.8. The van der Waals surface area contributed by atoms with Crippen molar-refractivity contribution < 1.29 is 9.13 Å². The van der Waals surface area contributed by atoms with Crippen molar-refractivity contribution in [1.29, 1.82) is 0 Å². The van der Waals surface area contributed by atoms with Gasteiger partial charge in [-0.1, -0.05) is 0 Å². The van der Waals surface area contributed by atoms with Gasteiger partial charge in [0, 0.05) is 48.0 Å². The summed E-state index contributed by atoms with van der Waals surface area (Å²) in [5, 5.41) is 0. The molecule has 0 bridgehead atoms. The Labute approximate surface area is 173 Å². The van der Waals surface area contributed by atoms with E-state index >= 15 is 0 Å². The van der Waals surface area contributed by atoms with Gasteiger partial charge >= 0.3 is 0 Å². The van der Waals surface area contributed by atoms with E-state index in [9.17, 15) is 9.18 Å². The molecule has 0 amide bonds. The SMILES string of the molecule is CCOCCC1CCc2sc3nc(CN(CC)c4ccc(F)cc4)cc(=O)n3c21. The average molecular weight is 416 g/mol. The van der Waals surface area contributed by atoms with Crippen molar-refractivity contribution in [3.05, 3.63) is 62.8 Å². The number of aromatic nitrogens is 2. The van der Waals surface area contributed by atoms with Crippen LogP contribution in [0.5, 0.6) is 0 Å². The Kier molecular flexibility index (Phi) is 5.96. The molecular formula is C22H26FN3O2S. The summed E-state index contributed by atoms with van der Waals surface area (Å²) in [4.78, 5) is 21.9. The van der Waals surface area contributed by atoms with Crippen molar-refractivity contribution in [3.8, 4) is 0 Å². The predicted molar refractivity (Wildman–Crippen MR) is 115 cm³/mol. The average Bonchev–Trinajstić information content (AvgIpc) is 3.26. The van der Waals surface area contributed by atoms with Gasteiger partial charge in [-0.05, 0) is 57.4 Å². The van der Waals surface area contributed by atoms with Crippen molar-refractivity contribution in [3.63, 3.8) is 0 Å². The first kappa shape index (κ1) is 20.0. The fourth-order valence-corrected chi connectivity index (χ4v) is 5.33. The summed E-state index contributed by atoms with van der Waals surface area (Å²) in [5.74, 6) is 0.108. The minimum atomic E-state index is -0.255. The summed E-state index contributed by atoms with van der Waals surface area (Å²) in [7, 11) is 0. The van der Waals surface area contributed by atoms with Gasteiger partial charge < -0.3 is 9.64 Å². The number of halogens is 1. The molecule has 7 heteroatoms. The third-order valence-corrected chi connectivity index (χ3v) is 6.65. The molecule has 2 heterocycles. The van der Waals surface area contributed by atoms with E-state index in [-0.39, 0.29) is 11.4 Å². The van der Waals surface area contributed by atoms with Crippen LogP contribution in [0.3, 0.4) is 0 Å². The van der Waals surface area contributed by atoms with Gasteiger partial charge in [0.1, 0.15) is 5.82 Å². The second-order valence-electron chi connectivity index (χ2n) is 7.33. The van der Waals surface area contributed by atoms with Crippen LogP contribution in [0, 0.1) is 5.82 Å². The highest BCUT2D eigenvalue weighted by Gasteiger charge is 2.29. The zero-order valence-corrected chi connectivity index (χ0v) is 17.7. The number of benzene rings is 1. The fourth-order valence-electron chi connectivity index (χ4n) is 4.08. The van der Waals surface area contributed by atoms with Crippen LogP contribution in [-0.4, -0.2) is 29.1 Å². The Morgan fingerprint density at radius 1 is 1.31 bits per heavy atom. The molecule has 0 aliphatic heterocycles. The second-order valence-corrected chi connectivity index (χ2v) is 8.39. The van der Waals surface area contributed by atoms with Gasteiger partial charge in [-0.25, -0.2) is 9.37 Å². The number of nitrogens with zero attached hydrogens (tertiary/aromatic N) is 3. The molecule has 1 aliphatic rings. The van der Waals surface area contributed by atoms with E-state index in [4.69, 9.17) is 9.72 Å². The number of aryl methyl sites for hydroxylation is 1. The van der Waals surface area contributed by atoms with Crippen molar-refractivity contribution in [2.75, 3.05) is 24.7 Å². The minimum absolute atomic E-state index is 0.0130. The standard InChI is InChI=1S/C22H26FN3O2S/c1-3-25(18-8-6-16(23)7-9-18)14-17-13-20(27)26-21-15(11-12-28-4-2)5-10-19(21)29-22(26)24-17/h6-9,13,15H,3-5,10-12,14H2,1-2H3. The summed E-state index contributed by atoms with van der Waals surface area (Å²) in [5.41, 5.74) is 2.79. The van der Waals surface area contributed by atoms with Crippen molar-refractivity contribution in [2.24, 2.45) is 0 Å². The molecule has 0 spiro atoms. The molecule has 154 valence electrons. The molecule has 1 aliphatic carbocycles. The summed E-state index contributed by atoms with van der Waals surface area (Å²) >= 11 is 1.63. The van der Waals surface area contributed by atoms with Crippen molar-refractivity contribution in [2.45, 2.75) is 45.6 Å². The zero-order chi connectivity index (χ0) is 20.4. The first-order valence-electron chi connectivity index (χ1n) is 10.2. The number of fused-ring (bicyclic) bond motifs is 3. The van der Waals surface area contributed by atoms with Gasteiger partial charge in [0.25, 0.3) is 5.56 Å². The number of hydrogen-bond acceptors (Lipinski definition) is 5. The van der Waals surface area contributed by atoms with Gasteiger partial charge in [-0.15, -0.1) is 11.3 Å². The van der Waals surface area contributed by atoms with Gasteiger partial charge in [0.15, 0.2) is 4.96 Å². The van der Waals surface area contributed by atoms with E-state index in [1.54, 1.807) is 33.9 Å². The molecule has 3 aromatic rings. The van der Waals surface area contributed by atoms with E-state index in [1.165, 1.54) is 17.0 Å². The van der Waals surface area contributed by atoms with Gasteiger partial charge in [-0.2, -0.15) is 0 Å². The molecule has 2 aromatic heterocycles. The summed E-state index contributed by atoms with van der Waals surface area (Å²) < 4.78 is 20.6. The highest BCUT2D eigenvalue weighted by atomic mass is 32.1. The lowest BCUT2D eigenvalue weighted by atomic mass is 10.0. The number of hydrogen-bond donors (Lipinski definition) is 0. The topological polar surface area (TPSA) is 46.8 Å². The quantitative estimate of drug-likeness (QED) is 0.513. The molecular weight excluding hydrogens is 389 g/mol. The lowest BCUT2D eigenvalue weighted by Crippen LogP contribution is -2.25. The lowest BCUT2D eigenvalue weighted by molar-refractivity contribution is 0.139. The van der Waals surface area contributed by atoms with Crippen LogP contribution in [0.1, 0.15) is 48.9 Å². The van der Waals surface area contributed by atoms with Crippen LogP contribution < -0.4 is 10.5 Å².